The molecule has 4 rings (SSSR count). The van der Waals surface area contributed by atoms with Crippen molar-refractivity contribution < 1.29 is 14.0 Å². The van der Waals surface area contributed by atoms with Crippen molar-refractivity contribution in [1.82, 2.24) is 10.2 Å². The fourth-order valence-corrected chi connectivity index (χ4v) is 3.07. The molecule has 0 spiro atoms. The Morgan fingerprint density at radius 2 is 2.05 bits per heavy atom. The lowest BCUT2D eigenvalue weighted by molar-refractivity contribution is -0.114. The van der Waals surface area contributed by atoms with Crippen LogP contribution in [0.15, 0.2) is 16.5 Å². The fraction of sp³-hybridized carbons (Fsp3) is 0.571. The Bertz CT molecular complexity index is 517. The highest BCUT2D eigenvalue weighted by Gasteiger charge is 2.35. The Balaban J connectivity index is 1.61. The van der Waals surface area contributed by atoms with Gasteiger partial charge < -0.3 is 14.6 Å². The van der Waals surface area contributed by atoms with Crippen molar-refractivity contribution in [3.05, 3.63) is 17.9 Å². The van der Waals surface area contributed by atoms with Crippen LogP contribution in [-0.2, 0) is 4.79 Å². The minimum atomic E-state index is -0.219. The minimum absolute atomic E-state index is 0.208. The van der Waals surface area contributed by atoms with Crippen LogP contribution in [0.1, 0.15) is 30.3 Å². The zero-order valence-corrected chi connectivity index (χ0v) is 11.5. The molecular weight excluding hydrogens is 258 g/mol. The summed E-state index contributed by atoms with van der Waals surface area (Å²) >= 11 is 0. The number of fused-ring (bicyclic) bond motifs is 3. The Morgan fingerprint density at radius 1 is 1.30 bits per heavy atom. The van der Waals surface area contributed by atoms with Crippen LogP contribution < -0.4 is 10.6 Å². The van der Waals surface area contributed by atoms with Gasteiger partial charge in [-0.05, 0) is 37.9 Å². The third-order valence-corrected chi connectivity index (χ3v) is 4.10. The molecule has 20 heavy (non-hydrogen) atoms. The maximum absolute atomic E-state index is 12.2. The molecule has 2 bridgehead atoms. The van der Waals surface area contributed by atoms with Gasteiger partial charge in [0.1, 0.15) is 0 Å². The Kier molecular flexibility index (Phi) is 3.48. The first-order chi connectivity index (χ1) is 9.61. The summed E-state index contributed by atoms with van der Waals surface area (Å²) < 4.78 is 5.32. The van der Waals surface area contributed by atoms with E-state index in [9.17, 15) is 9.59 Å². The molecule has 3 fully saturated rings. The molecule has 0 aliphatic carbocycles. The summed E-state index contributed by atoms with van der Waals surface area (Å²) in [6.45, 7) is 4.61. The van der Waals surface area contributed by atoms with Crippen molar-refractivity contribution in [3.8, 4) is 0 Å². The first kappa shape index (κ1) is 13.2. The van der Waals surface area contributed by atoms with Gasteiger partial charge in [-0.15, -0.1) is 0 Å². The van der Waals surface area contributed by atoms with E-state index in [4.69, 9.17) is 4.42 Å². The predicted molar refractivity (Wildman–Crippen MR) is 73.4 cm³/mol. The number of rotatable bonds is 3. The third kappa shape index (κ3) is 2.70. The van der Waals surface area contributed by atoms with Gasteiger partial charge in [0.05, 0.1) is 0 Å². The van der Waals surface area contributed by atoms with E-state index < -0.39 is 0 Å². The lowest BCUT2D eigenvalue weighted by Crippen LogP contribution is -2.57. The molecule has 1 aromatic rings. The molecule has 6 heteroatoms. The molecular formula is C14H19N3O3. The molecule has 4 heterocycles. The van der Waals surface area contributed by atoms with Crippen LogP contribution in [0.2, 0.25) is 0 Å². The summed E-state index contributed by atoms with van der Waals surface area (Å²) in [5.41, 5.74) is 0. The number of carbonyl (C=O) groups excluding carboxylic acids is 2. The lowest BCUT2D eigenvalue weighted by Gasteiger charge is -2.44. The van der Waals surface area contributed by atoms with E-state index in [2.05, 4.69) is 15.5 Å². The second-order valence-electron chi connectivity index (χ2n) is 5.56. The molecule has 6 nitrogen and oxygen atoms in total. The van der Waals surface area contributed by atoms with Crippen LogP contribution in [0, 0.1) is 5.92 Å². The molecule has 3 saturated heterocycles. The molecule has 0 aromatic carbocycles. The molecule has 0 radical (unpaired) electrons. The van der Waals surface area contributed by atoms with Crippen LogP contribution in [0.25, 0.3) is 0 Å². The van der Waals surface area contributed by atoms with Gasteiger partial charge in [-0.1, -0.05) is 0 Å². The van der Waals surface area contributed by atoms with Crippen molar-refractivity contribution in [3.63, 3.8) is 0 Å². The van der Waals surface area contributed by atoms with Crippen LogP contribution >= 0.6 is 0 Å². The first-order valence-electron chi connectivity index (χ1n) is 7.02. The molecule has 2 amide bonds. The first-order valence-corrected chi connectivity index (χ1v) is 7.02. The quantitative estimate of drug-likeness (QED) is 0.866. The molecule has 1 aromatic heterocycles. The predicted octanol–water partition coefficient (Wildman–Crippen LogP) is 1.06. The largest absolute Gasteiger partial charge is 0.435 e. The molecule has 1 atom stereocenters. The minimum Gasteiger partial charge on any atom is -0.435 e. The zero-order chi connectivity index (χ0) is 14.1. The monoisotopic (exact) mass is 277 g/mol. The summed E-state index contributed by atoms with van der Waals surface area (Å²) in [5.74, 6) is 0.694. The number of piperidine rings is 3. The average molecular weight is 277 g/mol. The van der Waals surface area contributed by atoms with Crippen LogP contribution in [0.3, 0.4) is 0 Å². The number of hydrogen-bond acceptors (Lipinski definition) is 4. The molecule has 2 N–H and O–H groups in total. The maximum atomic E-state index is 12.2. The van der Waals surface area contributed by atoms with Crippen molar-refractivity contribution in [2.75, 3.05) is 25.0 Å². The van der Waals surface area contributed by atoms with E-state index in [-0.39, 0.29) is 23.6 Å². The summed E-state index contributed by atoms with van der Waals surface area (Å²) in [6, 6.07) is 3.38. The van der Waals surface area contributed by atoms with Gasteiger partial charge in [0.15, 0.2) is 11.6 Å². The number of anilines is 1. The van der Waals surface area contributed by atoms with E-state index in [1.165, 1.54) is 6.92 Å². The maximum Gasteiger partial charge on any atom is 0.287 e. The van der Waals surface area contributed by atoms with Crippen molar-refractivity contribution >= 4 is 17.7 Å². The van der Waals surface area contributed by atoms with E-state index >= 15 is 0 Å². The fourth-order valence-electron chi connectivity index (χ4n) is 3.07. The number of furan rings is 1. The summed E-state index contributed by atoms with van der Waals surface area (Å²) in [5, 5.41) is 5.56. The molecule has 0 saturated carbocycles. The zero-order valence-electron chi connectivity index (χ0n) is 11.5. The Labute approximate surface area is 117 Å². The van der Waals surface area contributed by atoms with Crippen molar-refractivity contribution in [2.45, 2.75) is 25.8 Å². The van der Waals surface area contributed by atoms with Crippen LogP contribution in [0.5, 0.6) is 0 Å². The van der Waals surface area contributed by atoms with Crippen molar-refractivity contribution in [1.29, 1.82) is 0 Å². The number of nitrogens with one attached hydrogen (secondary N) is 2. The number of hydrogen-bond donors (Lipinski definition) is 2. The molecule has 3 aliphatic rings. The highest BCUT2D eigenvalue weighted by molar-refractivity contribution is 5.93. The van der Waals surface area contributed by atoms with Gasteiger partial charge in [0.2, 0.25) is 5.91 Å². The van der Waals surface area contributed by atoms with E-state index in [1.807, 2.05) is 0 Å². The topological polar surface area (TPSA) is 74.6 Å². The Hall–Kier alpha value is -1.82. The van der Waals surface area contributed by atoms with Gasteiger partial charge in [0.25, 0.3) is 5.91 Å². The van der Waals surface area contributed by atoms with Crippen LogP contribution in [0.4, 0.5) is 5.88 Å². The number of amides is 2. The summed E-state index contributed by atoms with van der Waals surface area (Å²) in [4.78, 5) is 25.5. The van der Waals surface area contributed by atoms with Crippen molar-refractivity contribution in [2.24, 2.45) is 5.92 Å². The highest BCUT2D eigenvalue weighted by atomic mass is 16.4. The SMILES string of the molecule is CC(=O)Nc1ccc(C(=O)NC2CN3CCC2CC3)o1. The normalized spacial score (nSPS) is 28.1. The summed E-state index contributed by atoms with van der Waals surface area (Å²) in [7, 11) is 0. The van der Waals surface area contributed by atoms with Gasteiger partial charge in [-0.25, -0.2) is 0 Å². The third-order valence-electron chi connectivity index (χ3n) is 4.10. The highest BCUT2D eigenvalue weighted by Crippen LogP contribution is 2.27. The number of carbonyl (C=O) groups is 2. The van der Waals surface area contributed by atoms with E-state index in [1.54, 1.807) is 12.1 Å². The smallest absolute Gasteiger partial charge is 0.287 e. The second kappa shape index (κ2) is 5.28. The Morgan fingerprint density at radius 3 is 2.65 bits per heavy atom. The van der Waals surface area contributed by atoms with E-state index in [0.717, 1.165) is 32.5 Å². The molecule has 108 valence electrons. The van der Waals surface area contributed by atoms with Gasteiger partial charge in [-0.3, -0.25) is 14.9 Å². The van der Waals surface area contributed by atoms with Gasteiger partial charge >= 0.3 is 0 Å². The van der Waals surface area contributed by atoms with Crippen LogP contribution in [-0.4, -0.2) is 42.4 Å². The second-order valence-corrected chi connectivity index (χ2v) is 5.56. The number of nitrogens with zero attached hydrogens (tertiary/aromatic N) is 1. The average Bonchev–Trinajstić information content (AvgIpc) is 2.88. The summed E-state index contributed by atoms with van der Waals surface area (Å²) in [6.07, 6.45) is 2.31. The molecule has 3 aliphatic heterocycles. The lowest BCUT2D eigenvalue weighted by atomic mass is 9.84. The van der Waals surface area contributed by atoms with E-state index in [0.29, 0.717) is 11.8 Å². The van der Waals surface area contributed by atoms with Gasteiger partial charge in [-0.2, -0.15) is 0 Å². The standard InChI is InChI=1S/C14H19N3O3/c1-9(18)15-13-3-2-12(20-13)14(19)16-11-8-17-6-4-10(11)5-7-17/h2-3,10-11H,4-8H2,1H3,(H,15,18)(H,16,19). The van der Waals surface area contributed by atoms with Gasteiger partial charge in [0, 0.05) is 25.6 Å². The molecule has 1 unspecified atom stereocenters.